The number of halogens is 1. The molecule has 3 heterocycles. The Labute approximate surface area is 144 Å². The minimum atomic E-state index is -1.39. The van der Waals surface area contributed by atoms with Crippen molar-refractivity contribution in [1.82, 2.24) is 10.2 Å². The number of rotatable bonds is 2. The maximum atomic E-state index is 13.9. The van der Waals surface area contributed by atoms with Crippen LogP contribution in [0.25, 0.3) is 0 Å². The van der Waals surface area contributed by atoms with Gasteiger partial charge in [0, 0.05) is 23.3 Å². The quantitative estimate of drug-likeness (QED) is 0.794. The summed E-state index contributed by atoms with van der Waals surface area (Å²) in [5.74, 6) is -2.97. The minimum absolute atomic E-state index is 0.230. The molecule has 0 aromatic heterocycles. The van der Waals surface area contributed by atoms with E-state index >= 15 is 0 Å². The summed E-state index contributed by atoms with van der Waals surface area (Å²) in [5.41, 5.74) is -0.505. The number of anilines is 1. The second-order valence-electron chi connectivity index (χ2n) is 7.19. The highest BCUT2D eigenvalue weighted by molar-refractivity contribution is 6.15. The van der Waals surface area contributed by atoms with Crippen LogP contribution < -0.4 is 10.6 Å². The molecule has 6 nitrogen and oxygen atoms in total. The fourth-order valence-electron chi connectivity index (χ4n) is 4.58. The molecule has 0 bridgehead atoms. The fraction of sp³-hybridized carbons (Fsp3) is 0.500. The molecule has 3 amide bonds. The van der Waals surface area contributed by atoms with Crippen LogP contribution in [0.15, 0.2) is 18.2 Å². The van der Waals surface area contributed by atoms with Crippen LogP contribution in [0, 0.1) is 17.7 Å². The third kappa shape index (κ3) is 1.84. The lowest BCUT2D eigenvalue weighted by molar-refractivity contribution is -0.145. The molecule has 5 atom stereocenters. The Hall–Kier alpha value is -2.28. The van der Waals surface area contributed by atoms with Gasteiger partial charge in [-0.15, -0.1) is 0 Å². The molecular formula is C18H20FN3O3. The standard InChI is InChI=1S/C18H20FN3O3/c1-4-8(2)22-15(23)13-9(3)21-18(14(13)16(22)24)11-7-10(19)5-6-12(11)20-17(18)25/h5-9,13-14,21H,4H2,1-3H3,(H,20,25)/t8?,9?,13-,14+,18?/m1/s1. The van der Waals surface area contributed by atoms with E-state index < -0.39 is 29.1 Å². The van der Waals surface area contributed by atoms with Gasteiger partial charge in [0.05, 0.1) is 11.8 Å². The average molecular weight is 345 g/mol. The van der Waals surface area contributed by atoms with E-state index in [1.165, 1.54) is 23.1 Å². The van der Waals surface area contributed by atoms with Crippen molar-refractivity contribution in [1.29, 1.82) is 0 Å². The average Bonchev–Trinajstić information content (AvgIpc) is 3.12. The highest BCUT2D eigenvalue weighted by Crippen LogP contribution is 2.53. The highest BCUT2D eigenvalue weighted by Gasteiger charge is 2.70. The lowest BCUT2D eigenvalue weighted by Crippen LogP contribution is -2.53. The molecule has 132 valence electrons. The molecule has 3 unspecified atom stereocenters. The van der Waals surface area contributed by atoms with Gasteiger partial charge >= 0.3 is 0 Å². The monoisotopic (exact) mass is 345 g/mol. The molecule has 2 saturated heterocycles. The summed E-state index contributed by atoms with van der Waals surface area (Å²) in [5, 5.41) is 5.89. The number of nitrogens with one attached hydrogen (secondary N) is 2. The maximum absolute atomic E-state index is 13.9. The van der Waals surface area contributed by atoms with E-state index in [9.17, 15) is 18.8 Å². The third-order valence-corrected chi connectivity index (χ3v) is 5.89. The normalized spacial score (nSPS) is 34.5. The van der Waals surface area contributed by atoms with Crippen molar-refractivity contribution in [2.45, 2.75) is 44.8 Å². The molecule has 2 N–H and O–H groups in total. The lowest BCUT2D eigenvalue weighted by atomic mass is 9.76. The molecule has 1 aromatic carbocycles. The van der Waals surface area contributed by atoms with Gasteiger partial charge in [-0.25, -0.2) is 4.39 Å². The van der Waals surface area contributed by atoms with Crippen LogP contribution in [-0.4, -0.2) is 34.7 Å². The molecule has 0 aliphatic carbocycles. The first-order valence-electron chi connectivity index (χ1n) is 8.59. The van der Waals surface area contributed by atoms with E-state index in [-0.39, 0.29) is 23.9 Å². The third-order valence-electron chi connectivity index (χ3n) is 5.89. The van der Waals surface area contributed by atoms with Gasteiger partial charge in [-0.3, -0.25) is 24.6 Å². The van der Waals surface area contributed by atoms with E-state index in [2.05, 4.69) is 10.6 Å². The van der Waals surface area contributed by atoms with Crippen molar-refractivity contribution < 1.29 is 18.8 Å². The molecule has 7 heteroatoms. The number of fused-ring (bicyclic) bond motifs is 4. The smallest absolute Gasteiger partial charge is 0.250 e. The zero-order chi connectivity index (χ0) is 18.1. The molecule has 25 heavy (non-hydrogen) atoms. The summed E-state index contributed by atoms with van der Waals surface area (Å²) < 4.78 is 13.9. The van der Waals surface area contributed by atoms with Crippen LogP contribution in [0.3, 0.4) is 0 Å². The summed E-state index contributed by atoms with van der Waals surface area (Å²) >= 11 is 0. The topological polar surface area (TPSA) is 78.5 Å². The lowest BCUT2D eigenvalue weighted by Gasteiger charge is -2.30. The van der Waals surface area contributed by atoms with Gasteiger partial charge in [0.2, 0.25) is 17.7 Å². The second kappa shape index (κ2) is 5.11. The number of benzene rings is 1. The van der Waals surface area contributed by atoms with E-state index in [4.69, 9.17) is 0 Å². The Balaban J connectivity index is 1.89. The number of likely N-dealkylation sites (tertiary alicyclic amines) is 1. The predicted octanol–water partition coefficient (Wildman–Crippen LogP) is 1.36. The van der Waals surface area contributed by atoms with Crippen LogP contribution in [0.1, 0.15) is 32.8 Å². The molecule has 0 saturated carbocycles. The van der Waals surface area contributed by atoms with Crippen molar-refractivity contribution in [3.8, 4) is 0 Å². The first-order chi connectivity index (χ1) is 11.8. The first-order valence-corrected chi connectivity index (χ1v) is 8.59. The summed E-state index contributed by atoms with van der Waals surface area (Å²) in [6.45, 7) is 5.52. The van der Waals surface area contributed by atoms with Crippen LogP contribution in [0.4, 0.5) is 10.1 Å². The Morgan fingerprint density at radius 1 is 1.28 bits per heavy atom. The first kappa shape index (κ1) is 16.2. The molecule has 3 aliphatic rings. The zero-order valence-electron chi connectivity index (χ0n) is 14.3. The Bertz CT molecular complexity index is 811. The van der Waals surface area contributed by atoms with Crippen molar-refractivity contribution in [3.63, 3.8) is 0 Å². The number of carbonyl (C=O) groups is 3. The molecule has 2 fully saturated rings. The van der Waals surface area contributed by atoms with Crippen molar-refractivity contribution >= 4 is 23.4 Å². The van der Waals surface area contributed by atoms with Gasteiger partial charge in [-0.05, 0) is 38.5 Å². The number of carbonyl (C=O) groups excluding carboxylic acids is 3. The maximum Gasteiger partial charge on any atom is 0.250 e. The summed E-state index contributed by atoms with van der Waals surface area (Å²) in [4.78, 5) is 40.2. The number of hydrogen-bond donors (Lipinski definition) is 2. The SMILES string of the molecule is CCC(C)N1C(=O)[C@@H]2C(C)NC3(C(=O)Nc4ccc(F)cc43)[C@@H]2C1=O. The van der Waals surface area contributed by atoms with Crippen molar-refractivity contribution in [2.24, 2.45) is 11.8 Å². The number of hydrogen-bond acceptors (Lipinski definition) is 4. The Morgan fingerprint density at radius 2 is 2.00 bits per heavy atom. The largest absolute Gasteiger partial charge is 0.324 e. The molecule has 1 spiro atoms. The summed E-state index contributed by atoms with van der Waals surface area (Å²) in [6.07, 6.45) is 0.642. The zero-order valence-corrected chi connectivity index (χ0v) is 14.3. The van der Waals surface area contributed by atoms with Crippen LogP contribution >= 0.6 is 0 Å². The fourth-order valence-corrected chi connectivity index (χ4v) is 4.58. The molecule has 4 rings (SSSR count). The van der Waals surface area contributed by atoms with Gasteiger partial charge in [0.15, 0.2) is 0 Å². The molecule has 0 radical (unpaired) electrons. The van der Waals surface area contributed by atoms with E-state index in [1.54, 1.807) is 6.92 Å². The number of imide groups is 1. The van der Waals surface area contributed by atoms with Crippen molar-refractivity contribution in [3.05, 3.63) is 29.6 Å². The van der Waals surface area contributed by atoms with E-state index in [0.717, 1.165) is 0 Å². The van der Waals surface area contributed by atoms with Gasteiger partial charge in [-0.1, -0.05) is 6.92 Å². The van der Waals surface area contributed by atoms with E-state index in [1.807, 2.05) is 13.8 Å². The van der Waals surface area contributed by atoms with Crippen molar-refractivity contribution in [2.75, 3.05) is 5.32 Å². The second-order valence-corrected chi connectivity index (χ2v) is 7.19. The Morgan fingerprint density at radius 3 is 2.68 bits per heavy atom. The molecule has 3 aliphatic heterocycles. The predicted molar refractivity (Wildman–Crippen MR) is 87.9 cm³/mol. The van der Waals surface area contributed by atoms with Gasteiger partial charge < -0.3 is 5.32 Å². The van der Waals surface area contributed by atoms with Crippen LogP contribution in [0.2, 0.25) is 0 Å². The van der Waals surface area contributed by atoms with Crippen LogP contribution in [0.5, 0.6) is 0 Å². The van der Waals surface area contributed by atoms with Gasteiger partial charge in [0.25, 0.3) is 0 Å². The number of nitrogens with zero attached hydrogens (tertiary/aromatic N) is 1. The number of amides is 3. The van der Waals surface area contributed by atoms with Crippen LogP contribution in [-0.2, 0) is 19.9 Å². The van der Waals surface area contributed by atoms with E-state index in [0.29, 0.717) is 17.7 Å². The molecule has 1 aromatic rings. The summed E-state index contributed by atoms with van der Waals surface area (Å²) in [6, 6.07) is 3.44. The Kier molecular flexibility index (Phi) is 3.31. The molecular weight excluding hydrogens is 325 g/mol. The van der Waals surface area contributed by atoms with Gasteiger partial charge in [-0.2, -0.15) is 0 Å². The summed E-state index contributed by atoms with van der Waals surface area (Å²) in [7, 11) is 0. The highest BCUT2D eigenvalue weighted by atomic mass is 19.1. The van der Waals surface area contributed by atoms with Gasteiger partial charge in [0.1, 0.15) is 11.4 Å². The minimum Gasteiger partial charge on any atom is -0.324 e.